The largest absolute Gasteiger partial charge is 0.416 e. The van der Waals surface area contributed by atoms with Gasteiger partial charge in [-0.3, -0.25) is 9.59 Å². The summed E-state index contributed by atoms with van der Waals surface area (Å²) in [6, 6.07) is 7.74. The first-order valence-corrected chi connectivity index (χ1v) is 9.38. The minimum absolute atomic E-state index is 0.0812. The Balaban J connectivity index is 1.61. The first-order chi connectivity index (χ1) is 12.3. The lowest BCUT2D eigenvalue weighted by molar-refractivity contribution is -0.137. The van der Waals surface area contributed by atoms with Crippen LogP contribution in [-0.4, -0.2) is 47.8 Å². The number of carbonyl (C=O) groups is 2. The molecule has 0 bridgehead atoms. The lowest BCUT2D eigenvalue weighted by atomic mass is 10.1. The molecule has 3 rings (SSSR count). The predicted molar refractivity (Wildman–Crippen MR) is 95.3 cm³/mol. The van der Waals surface area contributed by atoms with Crippen molar-refractivity contribution in [1.82, 2.24) is 9.80 Å². The molecule has 1 saturated heterocycles. The molecular formula is C17H14BrF3N2O2S. The molecule has 4 nitrogen and oxygen atoms in total. The summed E-state index contributed by atoms with van der Waals surface area (Å²) >= 11 is 4.67. The molecule has 1 aromatic carbocycles. The number of piperazine rings is 1. The topological polar surface area (TPSA) is 40.6 Å². The van der Waals surface area contributed by atoms with Gasteiger partial charge in [0.25, 0.3) is 11.8 Å². The van der Waals surface area contributed by atoms with Gasteiger partial charge in [-0.25, -0.2) is 0 Å². The third kappa shape index (κ3) is 4.09. The Morgan fingerprint density at radius 1 is 0.885 bits per heavy atom. The number of hydrogen-bond donors (Lipinski definition) is 0. The predicted octanol–water partition coefficient (Wildman–Crippen LogP) is 4.13. The molecule has 1 aromatic heterocycles. The summed E-state index contributed by atoms with van der Waals surface area (Å²) in [7, 11) is 0. The van der Waals surface area contributed by atoms with Gasteiger partial charge in [-0.1, -0.05) is 0 Å². The Kier molecular flexibility index (Phi) is 5.38. The monoisotopic (exact) mass is 446 g/mol. The van der Waals surface area contributed by atoms with Crippen molar-refractivity contribution < 1.29 is 22.8 Å². The van der Waals surface area contributed by atoms with Crippen molar-refractivity contribution in [3.8, 4) is 0 Å². The third-order valence-corrected chi connectivity index (χ3v) is 5.71. The Hall–Kier alpha value is -1.87. The van der Waals surface area contributed by atoms with Crippen molar-refractivity contribution in [3.63, 3.8) is 0 Å². The summed E-state index contributed by atoms with van der Waals surface area (Å²) in [4.78, 5) is 28.7. The number of hydrogen-bond acceptors (Lipinski definition) is 3. The third-order valence-electron chi connectivity index (χ3n) is 4.10. The quantitative estimate of drug-likeness (QED) is 0.695. The standard InChI is InChI=1S/C17H14BrF3N2O2S/c18-14-6-5-13(26-14)16(25)23-9-7-22(8-10-23)15(24)11-1-3-12(4-2-11)17(19,20)21/h1-6H,7-10H2. The maximum Gasteiger partial charge on any atom is 0.416 e. The van der Waals surface area contributed by atoms with Gasteiger partial charge in [0, 0.05) is 31.7 Å². The molecule has 2 aromatic rings. The number of benzene rings is 1. The normalized spacial score (nSPS) is 15.2. The van der Waals surface area contributed by atoms with Crippen LogP contribution in [0.1, 0.15) is 25.6 Å². The zero-order chi connectivity index (χ0) is 18.9. The number of thiophene rings is 1. The molecule has 1 fully saturated rings. The summed E-state index contributed by atoms with van der Waals surface area (Å²) in [6.07, 6.45) is -4.43. The number of carbonyl (C=O) groups excluding carboxylic acids is 2. The molecule has 2 amide bonds. The van der Waals surface area contributed by atoms with E-state index < -0.39 is 11.7 Å². The number of nitrogens with zero attached hydrogens (tertiary/aromatic N) is 2. The highest BCUT2D eigenvalue weighted by Gasteiger charge is 2.31. The molecule has 0 aliphatic carbocycles. The number of alkyl halides is 3. The molecule has 1 aliphatic rings. The van der Waals surface area contributed by atoms with Gasteiger partial charge in [0.1, 0.15) is 0 Å². The molecule has 0 unspecified atom stereocenters. The van der Waals surface area contributed by atoms with E-state index in [0.717, 1.165) is 15.9 Å². The Bertz CT molecular complexity index is 812. The molecule has 2 heterocycles. The summed E-state index contributed by atoms with van der Waals surface area (Å²) in [5.74, 6) is -0.410. The second-order valence-corrected chi connectivity index (χ2v) is 8.23. The van der Waals surface area contributed by atoms with Crippen molar-refractivity contribution in [3.05, 3.63) is 56.2 Å². The molecule has 0 radical (unpaired) electrons. The van der Waals surface area contributed by atoms with Crippen LogP contribution in [0.3, 0.4) is 0 Å². The summed E-state index contributed by atoms with van der Waals surface area (Å²) in [6.45, 7) is 1.47. The van der Waals surface area contributed by atoms with Gasteiger partial charge in [0.15, 0.2) is 0 Å². The highest BCUT2D eigenvalue weighted by atomic mass is 79.9. The van der Waals surface area contributed by atoms with Crippen molar-refractivity contribution in [2.75, 3.05) is 26.2 Å². The average Bonchev–Trinajstić information content (AvgIpc) is 3.06. The van der Waals surface area contributed by atoms with Gasteiger partial charge >= 0.3 is 6.18 Å². The zero-order valence-corrected chi connectivity index (χ0v) is 15.8. The Morgan fingerprint density at radius 2 is 1.42 bits per heavy atom. The van der Waals surface area contributed by atoms with E-state index in [1.807, 2.05) is 6.07 Å². The van der Waals surface area contributed by atoms with Crippen LogP contribution in [0.25, 0.3) is 0 Å². The smallest absolute Gasteiger partial charge is 0.335 e. The summed E-state index contributed by atoms with van der Waals surface area (Å²) in [5.41, 5.74) is -0.577. The second kappa shape index (κ2) is 7.40. The summed E-state index contributed by atoms with van der Waals surface area (Å²) < 4.78 is 38.7. The Labute approximate surface area is 160 Å². The highest BCUT2D eigenvalue weighted by molar-refractivity contribution is 9.11. The fourth-order valence-electron chi connectivity index (χ4n) is 2.68. The number of rotatable bonds is 2. The lowest BCUT2D eigenvalue weighted by Crippen LogP contribution is -2.50. The van der Waals surface area contributed by atoms with Gasteiger partial charge < -0.3 is 9.80 Å². The van der Waals surface area contributed by atoms with Crippen molar-refractivity contribution in [2.24, 2.45) is 0 Å². The van der Waals surface area contributed by atoms with E-state index >= 15 is 0 Å². The molecular weight excluding hydrogens is 433 g/mol. The molecule has 0 N–H and O–H groups in total. The van der Waals surface area contributed by atoms with Crippen molar-refractivity contribution in [2.45, 2.75) is 6.18 Å². The zero-order valence-electron chi connectivity index (χ0n) is 13.4. The molecule has 138 valence electrons. The molecule has 0 atom stereocenters. The van der Waals surface area contributed by atoms with E-state index in [9.17, 15) is 22.8 Å². The summed E-state index contributed by atoms with van der Waals surface area (Å²) in [5, 5.41) is 0. The van der Waals surface area contributed by atoms with Crippen LogP contribution in [-0.2, 0) is 6.18 Å². The van der Waals surface area contributed by atoms with E-state index in [1.165, 1.54) is 23.5 Å². The van der Waals surface area contributed by atoms with Gasteiger partial charge in [0.2, 0.25) is 0 Å². The minimum Gasteiger partial charge on any atom is -0.335 e. The van der Waals surface area contributed by atoms with Crippen LogP contribution in [0.5, 0.6) is 0 Å². The van der Waals surface area contributed by atoms with E-state index in [2.05, 4.69) is 15.9 Å². The van der Waals surface area contributed by atoms with E-state index in [4.69, 9.17) is 0 Å². The van der Waals surface area contributed by atoms with Crippen LogP contribution in [0.15, 0.2) is 40.2 Å². The molecule has 9 heteroatoms. The van der Waals surface area contributed by atoms with Crippen LogP contribution in [0, 0.1) is 0 Å². The number of amides is 2. The fraction of sp³-hybridized carbons (Fsp3) is 0.294. The molecule has 26 heavy (non-hydrogen) atoms. The second-order valence-electron chi connectivity index (χ2n) is 5.76. The average molecular weight is 447 g/mol. The molecule has 0 saturated carbocycles. The molecule has 0 spiro atoms. The van der Waals surface area contributed by atoms with Crippen LogP contribution in [0.4, 0.5) is 13.2 Å². The van der Waals surface area contributed by atoms with E-state index in [-0.39, 0.29) is 17.4 Å². The van der Waals surface area contributed by atoms with Crippen molar-refractivity contribution in [1.29, 1.82) is 0 Å². The van der Waals surface area contributed by atoms with Gasteiger partial charge in [-0.05, 0) is 52.3 Å². The Morgan fingerprint density at radius 3 is 1.88 bits per heavy atom. The maximum absolute atomic E-state index is 12.6. The SMILES string of the molecule is O=C(c1ccc(C(F)(F)F)cc1)N1CCN(C(=O)c2ccc(Br)s2)CC1. The van der Waals surface area contributed by atoms with Crippen LogP contribution >= 0.6 is 27.3 Å². The highest BCUT2D eigenvalue weighted by Crippen LogP contribution is 2.29. The van der Waals surface area contributed by atoms with E-state index in [1.54, 1.807) is 15.9 Å². The first kappa shape index (κ1) is 18.9. The fourth-order valence-corrected chi connectivity index (χ4v) is 4.04. The first-order valence-electron chi connectivity index (χ1n) is 7.77. The lowest BCUT2D eigenvalue weighted by Gasteiger charge is -2.34. The van der Waals surface area contributed by atoms with E-state index in [0.29, 0.717) is 31.1 Å². The molecule has 1 aliphatic heterocycles. The van der Waals surface area contributed by atoms with Crippen molar-refractivity contribution >= 4 is 39.1 Å². The van der Waals surface area contributed by atoms with Gasteiger partial charge in [-0.15, -0.1) is 11.3 Å². The van der Waals surface area contributed by atoms with Crippen LogP contribution < -0.4 is 0 Å². The van der Waals surface area contributed by atoms with Gasteiger partial charge in [0.05, 0.1) is 14.2 Å². The van der Waals surface area contributed by atoms with Gasteiger partial charge in [-0.2, -0.15) is 13.2 Å². The van der Waals surface area contributed by atoms with Crippen LogP contribution in [0.2, 0.25) is 0 Å². The number of halogens is 4. The maximum atomic E-state index is 12.6. The minimum atomic E-state index is -4.43.